The van der Waals surface area contributed by atoms with Gasteiger partial charge in [0.2, 0.25) is 0 Å². The minimum absolute atomic E-state index is 0.240. The Morgan fingerprint density at radius 1 is 0.964 bits per heavy atom. The second kappa shape index (κ2) is 9.88. The highest BCUT2D eigenvalue weighted by Gasteiger charge is 2.14. The first-order valence-electron chi connectivity index (χ1n) is 8.39. The fourth-order valence-corrected chi connectivity index (χ4v) is 3.98. The molecule has 0 amide bonds. The molecule has 3 nitrogen and oxygen atoms in total. The van der Waals surface area contributed by atoms with Gasteiger partial charge < -0.3 is 14.8 Å². The summed E-state index contributed by atoms with van der Waals surface area (Å²) in [6.45, 7) is 0.886. The molecular formula is C21H17Br2Cl2NO2. The van der Waals surface area contributed by atoms with Crippen LogP contribution in [0.1, 0.15) is 11.1 Å². The van der Waals surface area contributed by atoms with E-state index in [0.29, 0.717) is 28.1 Å². The number of rotatable bonds is 7. The molecule has 146 valence electrons. The number of hydrogen-bond donors (Lipinski definition) is 1. The van der Waals surface area contributed by atoms with Gasteiger partial charge >= 0.3 is 0 Å². The minimum Gasteiger partial charge on any atom is -0.493 e. The molecule has 0 spiro atoms. The molecule has 0 aromatic heterocycles. The van der Waals surface area contributed by atoms with E-state index in [1.165, 1.54) is 0 Å². The third-order valence-corrected chi connectivity index (χ3v) is 5.88. The van der Waals surface area contributed by atoms with Crippen LogP contribution in [0.5, 0.6) is 11.5 Å². The molecule has 0 aliphatic rings. The summed E-state index contributed by atoms with van der Waals surface area (Å²) in [5.41, 5.74) is 2.82. The Morgan fingerprint density at radius 2 is 1.64 bits per heavy atom. The van der Waals surface area contributed by atoms with Crippen molar-refractivity contribution in [2.24, 2.45) is 0 Å². The maximum atomic E-state index is 6.23. The van der Waals surface area contributed by atoms with Gasteiger partial charge in [0.15, 0.2) is 11.5 Å². The van der Waals surface area contributed by atoms with Crippen LogP contribution in [0.15, 0.2) is 63.5 Å². The quantitative estimate of drug-likeness (QED) is 0.330. The van der Waals surface area contributed by atoms with E-state index in [1.807, 2.05) is 36.4 Å². The Balaban J connectivity index is 1.74. The number of ether oxygens (including phenoxy) is 2. The molecule has 3 aromatic rings. The standard InChI is InChI=1S/C21H17Br2Cl2NO2/c1-27-20-10-13(11-26-15-7-5-14(22)6-8-15)9-17(23)21(20)28-12-16-18(24)3-2-4-19(16)25/h2-10,26H,11-12H2,1H3. The van der Waals surface area contributed by atoms with E-state index in [-0.39, 0.29) is 6.61 Å². The van der Waals surface area contributed by atoms with Crippen LogP contribution in [-0.2, 0) is 13.2 Å². The second-order valence-corrected chi connectivity index (χ2v) is 8.54. The average molecular weight is 546 g/mol. The first-order chi connectivity index (χ1) is 13.5. The van der Waals surface area contributed by atoms with Gasteiger partial charge in [0.05, 0.1) is 11.6 Å². The molecule has 0 unspecified atom stereocenters. The third-order valence-electron chi connectivity index (χ3n) is 4.05. The van der Waals surface area contributed by atoms with E-state index in [2.05, 4.69) is 37.2 Å². The minimum atomic E-state index is 0.240. The number of halogens is 4. The molecule has 0 aliphatic heterocycles. The number of anilines is 1. The van der Waals surface area contributed by atoms with Crippen LogP contribution >= 0.6 is 55.1 Å². The Bertz CT molecular complexity index is 945. The number of nitrogens with one attached hydrogen (secondary N) is 1. The van der Waals surface area contributed by atoms with Gasteiger partial charge in [0, 0.05) is 32.3 Å². The predicted octanol–water partition coefficient (Wildman–Crippen LogP) is 7.72. The second-order valence-electron chi connectivity index (χ2n) is 5.96. The summed E-state index contributed by atoms with van der Waals surface area (Å²) >= 11 is 19.5. The summed E-state index contributed by atoms with van der Waals surface area (Å²) in [7, 11) is 1.61. The van der Waals surface area contributed by atoms with Crippen LogP contribution in [0, 0.1) is 0 Å². The maximum Gasteiger partial charge on any atom is 0.175 e. The van der Waals surface area contributed by atoms with Crippen LogP contribution in [0.25, 0.3) is 0 Å². The van der Waals surface area contributed by atoms with Gasteiger partial charge in [-0.15, -0.1) is 0 Å². The Hall–Kier alpha value is -1.40. The van der Waals surface area contributed by atoms with E-state index < -0.39 is 0 Å². The highest BCUT2D eigenvalue weighted by molar-refractivity contribution is 9.10. The molecule has 0 radical (unpaired) electrons. The molecule has 0 fully saturated rings. The van der Waals surface area contributed by atoms with E-state index in [1.54, 1.807) is 25.3 Å². The summed E-state index contributed by atoms with van der Waals surface area (Å²) in [6.07, 6.45) is 0. The van der Waals surface area contributed by atoms with Crippen LogP contribution in [0.4, 0.5) is 5.69 Å². The fourth-order valence-electron chi connectivity index (χ4n) is 2.60. The van der Waals surface area contributed by atoms with Crippen molar-refractivity contribution in [3.05, 3.63) is 84.7 Å². The monoisotopic (exact) mass is 543 g/mol. The van der Waals surface area contributed by atoms with E-state index in [9.17, 15) is 0 Å². The smallest absolute Gasteiger partial charge is 0.175 e. The van der Waals surface area contributed by atoms with E-state index in [4.69, 9.17) is 32.7 Å². The van der Waals surface area contributed by atoms with Crippen LogP contribution in [-0.4, -0.2) is 7.11 Å². The van der Waals surface area contributed by atoms with Gasteiger partial charge in [-0.05, 0) is 70.0 Å². The molecule has 0 atom stereocenters. The summed E-state index contributed by atoms with van der Waals surface area (Å²) in [5.74, 6) is 1.23. The maximum absolute atomic E-state index is 6.23. The van der Waals surface area contributed by atoms with Gasteiger partial charge in [-0.2, -0.15) is 0 Å². The molecule has 3 aromatic carbocycles. The summed E-state index contributed by atoms with van der Waals surface area (Å²) in [5, 5.41) is 4.52. The largest absolute Gasteiger partial charge is 0.493 e. The van der Waals surface area contributed by atoms with E-state index in [0.717, 1.165) is 25.8 Å². The first kappa shape index (κ1) is 21.3. The van der Waals surface area contributed by atoms with Crippen molar-refractivity contribution in [3.63, 3.8) is 0 Å². The highest BCUT2D eigenvalue weighted by atomic mass is 79.9. The Morgan fingerprint density at radius 3 is 2.29 bits per heavy atom. The predicted molar refractivity (Wildman–Crippen MR) is 123 cm³/mol. The Labute approximate surface area is 191 Å². The van der Waals surface area contributed by atoms with Crippen molar-refractivity contribution in [2.45, 2.75) is 13.2 Å². The first-order valence-corrected chi connectivity index (χ1v) is 10.7. The zero-order valence-corrected chi connectivity index (χ0v) is 19.6. The number of benzene rings is 3. The molecule has 28 heavy (non-hydrogen) atoms. The molecule has 3 rings (SSSR count). The fraction of sp³-hybridized carbons (Fsp3) is 0.143. The van der Waals surface area contributed by atoms with Crippen LogP contribution < -0.4 is 14.8 Å². The van der Waals surface area contributed by atoms with Crippen molar-refractivity contribution in [3.8, 4) is 11.5 Å². The summed E-state index contributed by atoms with van der Waals surface area (Å²) < 4.78 is 13.3. The SMILES string of the molecule is COc1cc(CNc2ccc(Br)cc2)cc(Br)c1OCc1c(Cl)cccc1Cl. The zero-order valence-electron chi connectivity index (χ0n) is 14.9. The van der Waals surface area contributed by atoms with Gasteiger partial charge in [0.1, 0.15) is 6.61 Å². The van der Waals surface area contributed by atoms with Crippen molar-refractivity contribution in [1.82, 2.24) is 0 Å². The molecule has 0 bridgehead atoms. The number of methoxy groups -OCH3 is 1. The molecular weight excluding hydrogens is 529 g/mol. The van der Waals surface area contributed by atoms with Gasteiger partial charge in [-0.1, -0.05) is 45.2 Å². The lowest BCUT2D eigenvalue weighted by Crippen LogP contribution is -2.03. The van der Waals surface area contributed by atoms with Gasteiger partial charge in [-0.25, -0.2) is 0 Å². The highest BCUT2D eigenvalue weighted by Crippen LogP contribution is 2.38. The van der Waals surface area contributed by atoms with Crippen LogP contribution in [0.2, 0.25) is 10.0 Å². The molecule has 0 aliphatic carbocycles. The lowest BCUT2D eigenvalue weighted by Gasteiger charge is -2.16. The lowest BCUT2D eigenvalue weighted by atomic mass is 10.2. The normalized spacial score (nSPS) is 10.6. The number of hydrogen-bond acceptors (Lipinski definition) is 3. The molecule has 0 saturated heterocycles. The van der Waals surface area contributed by atoms with Gasteiger partial charge in [-0.3, -0.25) is 0 Å². The zero-order chi connectivity index (χ0) is 20.1. The molecule has 0 heterocycles. The van der Waals surface area contributed by atoms with Crippen molar-refractivity contribution < 1.29 is 9.47 Å². The van der Waals surface area contributed by atoms with Crippen molar-refractivity contribution in [2.75, 3.05) is 12.4 Å². The van der Waals surface area contributed by atoms with Crippen molar-refractivity contribution in [1.29, 1.82) is 0 Å². The third kappa shape index (κ3) is 5.35. The molecule has 0 saturated carbocycles. The summed E-state index contributed by atoms with van der Waals surface area (Å²) in [6, 6.07) is 17.3. The van der Waals surface area contributed by atoms with E-state index >= 15 is 0 Å². The molecule has 1 N–H and O–H groups in total. The summed E-state index contributed by atoms with van der Waals surface area (Å²) in [4.78, 5) is 0. The average Bonchev–Trinajstić information content (AvgIpc) is 2.68. The lowest BCUT2D eigenvalue weighted by molar-refractivity contribution is 0.282. The van der Waals surface area contributed by atoms with Crippen molar-refractivity contribution >= 4 is 60.7 Å². The van der Waals surface area contributed by atoms with Crippen LogP contribution in [0.3, 0.4) is 0 Å². The molecule has 7 heteroatoms. The van der Waals surface area contributed by atoms with Gasteiger partial charge in [0.25, 0.3) is 0 Å². The Kier molecular flexibility index (Phi) is 7.52. The topological polar surface area (TPSA) is 30.5 Å².